The first-order valence-corrected chi connectivity index (χ1v) is 18.4. The van der Waals surface area contributed by atoms with Gasteiger partial charge in [0.05, 0.1) is 39.5 Å². The summed E-state index contributed by atoms with van der Waals surface area (Å²) < 4.78 is 2.21. The van der Waals surface area contributed by atoms with Crippen LogP contribution in [0.25, 0.3) is 38.6 Å². The number of rotatable bonds is 6. The van der Waals surface area contributed by atoms with Gasteiger partial charge < -0.3 is 4.57 Å². The molecule has 5 heteroatoms. The molecule has 0 aliphatic heterocycles. The smallest absolute Gasteiger partial charge is 0.179 e. The summed E-state index contributed by atoms with van der Waals surface area (Å²) in [5, 5.41) is 37.7. The maximum Gasteiger partial charge on any atom is 0.179 e. The first-order chi connectivity index (χ1) is 24.7. The maximum absolute atomic E-state index is 10.7. The molecule has 0 aliphatic rings. The highest BCUT2D eigenvalue weighted by Crippen LogP contribution is 2.38. The van der Waals surface area contributed by atoms with E-state index in [9.17, 15) is 15.8 Å². The van der Waals surface area contributed by atoms with E-state index < -0.39 is 8.07 Å². The Bertz CT molecular complexity index is 2580. The molecule has 7 aromatic carbocycles. The average molecular weight is 653 g/mol. The van der Waals surface area contributed by atoms with Crippen LogP contribution in [-0.4, -0.2) is 12.6 Å². The third-order valence-electron chi connectivity index (χ3n) is 9.66. The molecule has 8 rings (SSSR count). The molecule has 232 valence electrons. The molecule has 0 saturated heterocycles. The number of nitrogens with zero attached hydrogens (tertiary/aromatic N) is 4. The Morgan fingerprint density at radius 3 is 1.58 bits per heavy atom. The van der Waals surface area contributed by atoms with Gasteiger partial charge in [-0.3, -0.25) is 0 Å². The van der Waals surface area contributed by atoms with Gasteiger partial charge >= 0.3 is 0 Å². The summed E-state index contributed by atoms with van der Waals surface area (Å²) in [6, 6.07) is 65.0. The fourth-order valence-corrected chi connectivity index (χ4v) is 12.3. The summed E-state index contributed by atoms with van der Waals surface area (Å²) >= 11 is 0. The molecule has 0 N–H and O–H groups in total. The van der Waals surface area contributed by atoms with Crippen LogP contribution in [0.4, 0.5) is 0 Å². The van der Waals surface area contributed by atoms with E-state index in [1.807, 2.05) is 72.8 Å². The Kier molecular flexibility index (Phi) is 7.63. The van der Waals surface area contributed by atoms with Crippen LogP contribution in [-0.2, 0) is 0 Å². The summed E-state index contributed by atoms with van der Waals surface area (Å²) in [6.45, 7) is 0. The fourth-order valence-electron chi connectivity index (χ4n) is 7.54. The van der Waals surface area contributed by atoms with Crippen molar-refractivity contribution >= 4 is 50.6 Å². The zero-order chi connectivity index (χ0) is 34.1. The second kappa shape index (κ2) is 12.6. The number of benzene rings is 7. The minimum atomic E-state index is -3.03. The first kappa shape index (κ1) is 30.4. The molecule has 0 unspecified atom stereocenters. The van der Waals surface area contributed by atoms with Gasteiger partial charge in [-0.05, 0) is 57.1 Å². The van der Waals surface area contributed by atoms with Gasteiger partial charge in [-0.2, -0.15) is 15.8 Å². The first-order valence-electron chi connectivity index (χ1n) is 16.4. The second-order valence-electron chi connectivity index (χ2n) is 12.2. The molecule has 0 fully saturated rings. The van der Waals surface area contributed by atoms with Crippen molar-refractivity contribution in [2.75, 3.05) is 0 Å². The number of fused-ring (bicyclic) bond motifs is 3. The molecule has 0 atom stereocenters. The summed E-state index contributed by atoms with van der Waals surface area (Å²) in [5.41, 5.74) is 5.64. The van der Waals surface area contributed by atoms with Crippen molar-refractivity contribution in [2.24, 2.45) is 0 Å². The van der Waals surface area contributed by atoms with Crippen LogP contribution in [0.15, 0.2) is 170 Å². The molecule has 50 heavy (non-hydrogen) atoms. The van der Waals surface area contributed by atoms with Gasteiger partial charge in [-0.15, -0.1) is 0 Å². The van der Waals surface area contributed by atoms with Crippen molar-refractivity contribution < 1.29 is 0 Å². The Morgan fingerprint density at radius 2 is 0.980 bits per heavy atom. The van der Waals surface area contributed by atoms with Crippen molar-refractivity contribution in [3.63, 3.8) is 0 Å². The van der Waals surface area contributed by atoms with Crippen LogP contribution >= 0.6 is 0 Å². The number of nitriles is 3. The summed E-state index contributed by atoms with van der Waals surface area (Å²) in [6.07, 6.45) is 0. The molecule has 0 amide bonds. The van der Waals surface area contributed by atoms with Gasteiger partial charge in [0.25, 0.3) is 0 Å². The second-order valence-corrected chi connectivity index (χ2v) is 16.0. The minimum Gasteiger partial charge on any atom is -0.309 e. The predicted octanol–water partition coefficient (Wildman–Crippen LogP) is 7.44. The Labute approximate surface area is 291 Å². The summed E-state index contributed by atoms with van der Waals surface area (Å²) in [5.74, 6) is 0. The van der Waals surface area contributed by atoms with Crippen molar-refractivity contribution in [3.05, 3.63) is 187 Å². The highest BCUT2D eigenvalue weighted by molar-refractivity contribution is 7.20. The van der Waals surface area contributed by atoms with Crippen LogP contribution in [0.5, 0.6) is 0 Å². The Balaban J connectivity index is 1.50. The lowest BCUT2D eigenvalue weighted by Crippen LogP contribution is -2.74. The maximum atomic E-state index is 10.7. The summed E-state index contributed by atoms with van der Waals surface area (Å²) in [7, 11) is -3.03. The Morgan fingerprint density at radius 1 is 0.420 bits per heavy atom. The minimum absolute atomic E-state index is 0.341. The monoisotopic (exact) mass is 652 g/mol. The van der Waals surface area contributed by atoms with Crippen molar-refractivity contribution in [3.8, 4) is 35.0 Å². The topological polar surface area (TPSA) is 76.3 Å². The number of hydrogen-bond donors (Lipinski definition) is 0. The lowest BCUT2D eigenvalue weighted by molar-refractivity contribution is 1.18. The molecule has 0 aliphatic carbocycles. The SMILES string of the molecule is N#Cc1ccc2c(c1)c1ccccc1n2-c1ccccc1-c1cc([Si](c2ccccc2)(c2ccccc2)c2ccccc2)cc(C#N)c1C#N. The summed E-state index contributed by atoms with van der Waals surface area (Å²) in [4.78, 5) is 0. The lowest BCUT2D eigenvalue weighted by atomic mass is 9.95. The number of para-hydroxylation sites is 2. The van der Waals surface area contributed by atoms with Crippen LogP contribution in [0.1, 0.15) is 16.7 Å². The lowest BCUT2D eigenvalue weighted by Gasteiger charge is -2.35. The highest BCUT2D eigenvalue weighted by atomic mass is 28.3. The van der Waals surface area contributed by atoms with Crippen LogP contribution in [0, 0.1) is 34.0 Å². The van der Waals surface area contributed by atoms with Crippen LogP contribution < -0.4 is 20.7 Å². The van der Waals surface area contributed by atoms with E-state index in [1.54, 1.807) is 0 Å². The molecule has 0 bridgehead atoms. The van der Waals surface area contributed by atoms with E-state index in [1.165, 1.54) is 15.6 Å². The normalized spacial score (nSPS) is 11.1. The molecular weight excluding hydrogens is 625 g/mol. The van der Waals surface area contributed by atoms with Crippen LogP contribution in [0.2, 0.25) is 0 Å². The van der Waals surface area contributed by atoms with Crippen molar-refractivity contribution in [2.45, 2.75) is 0 Å². The van der Waals surface area contributed by atoms with E-state index in [0.717, 1.165) is 38.2 Å². The predicted molar refractivity (Wildman–Crippen MR) is 204 cm³/mol. The number of aromatic nitrogens is 1. The molecule has 8 aromatic rings. The van der Waals surface area contributed by atoms with Gasteiger partial charge in [0, 0.05) is 21.9 Å². The van der Waals surface area contributed by atoms with Crippen LogP contribution in [0.3, 0.4) is 0 Å². The third-order valence-corrected chi connectivity index (χ3v) is 14.4. The van der Waals surface area contributed by atoms with E-state index >= 15 is 0 Å². The standard InChI is InChI=1S/C45H28N4Si/c46-29-32-24-25-45-41(26-32)39-21-11-13-23-44(39)49(45)43-22-12-10-20-38(43)40-28-37(27-33(30-47)42(40)31-48)50(34-14-4-1-5-15-34,35-16-6-2-7-17-35)36-18-8-3-9-19-36/h1-28H. The number of hydrogen-bond acceptors (Lipinski definition) is 3. The van der Waals surface area contributed by atoms with Crippen molar-refractivity contribution in [1.29, 1.82) is 15.8 Å². The third kappa shape index (κ3) is 4.72. The quantitative estimate of drug-likeness (QED) is 0.138. The van der Waals surface area contributed by atoms with Crippen molar-refractivity contribution in [1.82, 2.24) is 4.57 Å². The van der Waals surface area contributed by atoms with E-state index in [0.29, 0.717) is 22.3 Å². The Hall–Kier alpha value is -6.97. The van der Waals surface area contributed by atoms with E-state index in [4.69, 9.17) is 0 Å². The molecular formula is C45H28N4Si. The molecule has 1 aromatic heterocycles. The van der Waals surface area contributed by atoms with Gasteiger partial charge in [0.1, 0.15) is 12.1 Å². The average Bonchev–Trinajstić information content (AvgIpc) is 3.52. The molecule has 0 saturated carbocycles. The zero-order valence-electron chi connectivity index (χ0n) is 27.0. The zero-order valence-corrected chi connectivity index (χ0v) is 28.0. The van der Waals surface area contributed by atoms with Gasteiger partial charge in [0.2, 0.25) is 0 Å². The van der Waals surface area contributed by atoms with E-state index in [2.05, 4.69) is 120 Å². The molecule has 1 heterocycles. The van der Waals surface area contributed by atoms with Gasteiger partial charge in [0.15, 0.2) is 8.07 Å². The largest absolute Gasteiger partial charge is 0.309 e. The van der Waals surface area contributed by atoms with Gasteiger partial charge in [-0.1, -0.05) is 133 Å². The molecule has 4 nitrogen and oxygen atoms in total. The molecule has 0 radical (unpaired) electrons. The fraction of sp³-hybridized carbons (Fsp3) is 0. The highest BCUT2D eigenvalue weighted by Gasteiger charge is 2.42. The van der Waals surface area contributed by atoms with E-state index in [-0.39, 0.29) is 0 Å². The van der Waals surface area contributed by atoms with Gasteiger partial charge in [-0.25, -0.2) is 0 Å². The molecule has 0 spiro atoms.